The highest BCUT2D eigenvalue weighted by atomic mass is 32.1. The topological polar surface area (TPSA) is 161 Å². The molecule has 0 aliphatic carbocycles. The Balaban J connectivity index is 1.58. The molecule has 0 unspecified atom stereocenters. The molecular weight excluding hydrogens is 424 g/mol. The number of non-ortho nitro benzene ring substituents is 1. The van der Waals surface area contributed by atoms with Gasteiger partial charge in [0.05, 0.1) is 25.8 Å². The average Bonchev–Trinajstić information content (AvgIpc) is 3.13. The zero-order valence-electron chi connectivity index (χ0n) is 15.9. The lowest BCUT2D eigenvalue weighted by Gasteiger charge is -2.10. The Labute approximate surface area is 178 Å². The van der Waals surface area contributed by atoms with E-state index < -0.39 is 9.85 Å². The third-order valence-electron chi connectivity index (χ3n) is 4.18. The SMILES string of the molecule is Cc1ccc2nc(Nc3ncnc(NNc4ccc([N+](=O)[O-])cc4)c3[N+](=O)[O-])sc2c1. The second-order valence-electron chi connectivity index (χ2n) is 6.35. The fourth-order valence-corrected chi connectivity index (χ4v) is 3.68. The normalized spacial score (nSPS) is 10.6. The third kappa shape index (κ3) is 4.30. The Morgan fingerprint density at radius 1 is 0.935 bits per heavy atom. The summed E-state index contributed by atoms with van der Waals surface area (Å²) >= 11 is 1.35. The minimum Gasteiger partial charge on any atom is -0.310 e. The van der Waals surface area contributed by atoms with Crippen molar-refractivity contribution in [2.45, 2.75) is 6.92 Å². The van der Waals surface area contributed by atoms with E-state index in [-0.39, 0.29) is 23.0 Å². The summed E-state index contributed by atoms with van der Waals surface area (Å²) in [5.41, 5.74) is 7.24. The number of nitro groups is 2. The summed E-state index contributed by atoms with van der Waals surface area (Å²) in [6.07, 6.45) is 1.17. The summed E-state index contributed by atoms with van der Waals surface area (Å²) in [6, 6.07) is 11.3. The first-order valence-corrected chi connectivity index (χ1v) is 9.62. The van der Waals surface area contributed by atoms with Crippen LogP contribution in [0.2, 0.25) is 0 Å². The standard InChI is InChI=1S/C18H14N8O4S/c1-10-2-7-13-14(8-10)31-18(21-13)22-16-15(26(29)30)17(20-9-19-16)24-23-11-3-5-12(6-4-11)25(27)28/h2-9,23H,1H3,(H2,19,20,21,22,24). The van der Waals surface area contributed by atoms with Crippen LogP contribution < -0.4 is 16.2 Å². The number of hydrogen-bond acceptors (Lipinski definition) is 11. The Bertz CT molecular complexity index is 1290. The van der Waals surface area contributed by atoms with Gasteiger partial charge in [0.25, 0.3) is 5.69 Å². The van der Waals surface area contributed by atoms with Gasteiger partial charge in [-0.1, -0.05) is 17.4 Å². The van der Waals surface area contributed by atoms with Crippen molar-refractivity contribution in [2.24, 2.45) is 0 Å². The maximum absolute atomic E-state index is 11.7. The molecule has 4 aromatic rings. The van der Waals surface area contributed by atoms with E-state index in [0.29, 0.717) is 10.8 Å². The summed E-state index contributed by atoms with van der Waals surface area (Å²) in [5, 5.41) is 25.8. The number of nitro benzene ring substituents is 1. The molecule has 0 fully saturated rings. The van der Waals surface area contributed by atoms with Gasteiger partial charge in [-0.05, 0) is 36.8 Å². The molecule has 0 radical (unpaired) electrons. The van der Waals surface area contributed by atoms with Crippen molar-refractivity contribution in [3.63, 3.8) is 0 Å². The molecule has 0 amide bonds. The van der Waals surface area contributed by atoms with Crippen molar-refractivity contribution in [1.82, 2.24) is 15.0 Å². The Kier molecular flexibility index (Phi) is 5.24. The van der Waals surface area contributed by atoms with Crippen LogP contribution in [0.15, 0.2) is 48.8 Å². The smallest absolute Gasteiger partial charge is 0.310 e. The highest BCUT2D eigenvalue weighted by Gasteiger charge is 2.24. The predicted molar refractivity (Wildman–Crippen MR) is 117 cm³/mol. The molecule has 12 nitrogen and oxygen atoms in total. The number of aromatic nitrogens is 3. The van der Waals surface area contributed by atoms with Gasteiger partial charge in [-0.25, -0.2) is 15.0 Å². The second-order valence-corrected chi connectivity index (χ2v) is 7.38. The number of nitrogens with one attached hydrogen (secondary N) is 3. The third-order valence-corrected chi connectivity index (χ3v) is 5.11. The number of aryl methyl sites for hydroxylation is 1. The van der Waals surface area contributed by atoms with Gasteiger partial charge >= 0.3 is 5.69 Å². The molecule has 2 heterocycles. The zero-order chi connectivity index (χ0) is 22.0. The zero-order valence-corrected chi connectivity index (χ0v) is 16.7. The van der Waals surface area contributed by atoms with E-state index >= 15 is 0 Å². The highest BCUT2D eigenvalue weighted by molar-refractivity contribution is 7.22. The number of fused-ring (bicyclic) bond motifs is 1. The lowest BCUT2D eigenvalue weighted by molar-refractivity contribution is -0.384. The fraction of sp³-hybridized carbons (Fsp3) is 0.0556. The van der Waals surface area contributed by atoms with Gasteiger partial charge in [-0.3, -0.25) is 31.1 Å². The average molecular weight is 438 g/mol. The molecule has 2 aromatic heterocycles. The van der Waals surface area contributed by atoms with Gasteiger partial charge in [-0.2, -0.15) is 0 Å². The molecule has 4 rings (SSSR count). The van der Waals surface area contributed by atoms with Crippen LogP contribution in [0.1, 0.15) is 5.56 Å². The van der Waals surface area contributed by atoms with E-state index in [1.807, 2.05) is 25.1 Å². The molecule has 3 N–H and O–H groups in total. The molecule has 0 aliphatic heterocycles. The summed E-state index contributed by atoms with van der Waals surface area (Å²) in [4.78, 5) is 33.7. The van der Waals surface area contributed by atoms with Gasteiger partial charge in [0, 0.05) is 12.1 Å². The molecule has 0 atom stereocenters. The van der Waals surface area contributed by atoms with Crippen LogP contribution in [-0.2, 0) is 0 Å². The van der Waals surface area contributed by atoms with Crippen LogP contribution in [-0.4, -0.2) is 24.8 Å². The monoisotopic (exact) mass is 438 g/mol. The van der Waals surface area contributed by atoms with E-state index in [2.05, 4.69) is 31.1 Å². The molecule has 0 saturated carbocycles. The van der Waals surface area contributed by atoms with E-state index in [9.17, 15) is 20.2 Å². The lowest BCUT2D eigenvalue weighted by atomic mass is 10.2. The molecule has 2 aromatic carbocycles. The summed E-state index contributed by atoms with van der Waals surface area (Å²) < 4.78 is 0.942. The molecule has 0 bridgehead atoms. The van der Waals surface area contributed by atoms with Crippen molar-refractivity contribution in [1.29, 1.82) is 0 Å². The first-order chi connectivity index (χ1) is 14.9. The van der Waals surface area contributed by atoms with Crippen molar-refractivity contribution in [3.05, 3.63) is 74.6 Å². The van der Waals surface area contributed by atoms with Crippen LogP contribution in [0.3, 0.4) is 0 Å². The lowest BCUT2D eigenvalue weighted by Crippen LogP contribution is -2.13. The molecular formula is C18H14N8O4S. The molecule has 156 valence electrons. The van der Waals surface area contributed by atoms with Gasteiger partial charge in [0.15, 0.2) is 5.13 Å². The number of nitrogens with zero attached hydrogens (tertiary/aromatic N) is 5. The Morgan fingerprint density at radius 2 is 1.68 bits per heavy atom. The van der Waals surface area contributed by atoms with Crippen molar-refractivity contribution in [3.8, 4) is 0 Å². The van der Waals surface area contributed by atoms with Gasteiger partial charge in [0.2, 0.25) is 11.6 Å². The van der Waals surface area contributed by atoms with E-state index in [0.717, 1.165) is 15.8 Å². The van der Waals surface area contributed by atoms with Crippen LogP contribution >= 0.6 is 11.3 Å². The maximum Gasteiger partial charge on any atom is 0.355 e. The van der Waals surface area contributed by atoms with Gasteiger partial charge < -0.3 is 5.32 Å². The Hall–Kier alpha value is -4.39. The maximum atomic E-state index is 11.7. The predicted octanol–water partition coefficient (Wildman–Crippen LogP) is 4.39. The molecule has 0 aliphatic rings. The van der Waals surface area contributed by atoms with Crippen molar-refractivity contribution in [2.75, 3.05) is 16.2 Å². The second kappa shape index (κ2) is 8.16. The highest BCUT2D eigenvalue weighted by Crippen LogP contribution is 2.34. The first-order valence-electron chi connectivity index (χ1n) is 8.81. The van der Waals surface area contributed by atoms with Crippen LogP contribution in [0.4, 0.5) is 33.8 Å². The van der Waals surface area contributed by atoms with Crippen molar-refractivity contribution < 1.29 is 9.85 Å². The molecule has 31 heavy (non-hydrogen) atoms. The molecule has 0 saturated heterocycles. The summed E-state index contributed by atoms with van der Waals surface area (Å²) in [6.45, 7) is 1.97. The van der Waals surface area contributed by atoms with Gasteiger partial charge in [0.1, 0.15) is 6.33 Å². The van der Waals surface area contributed by atoms with Crippen LogP contribution in [0.25, 0.3) is 10.2 Å². The minimum absolute atomic E-state index is 0.0243. The number of anilines is 4. The number of rotatable bonds is 7. The largest absolute Gasteiger partial charge is 0.355 e. The van der Waals surface area contributed by atoms with E-state index in [1.165, 1.54) is 41.9 Å². The van der Waals surface area contributed by atoms with Gasteiger partial charge in [-0.15, -0.1) is 0 Å². The van der Waals surface area contributed by atoms with Crippen LogP contribution in [0, 0.1) is 27.2 Å². The summed E-state index contributed by atoms with van der Waals surface area (Å²) in [5.74, 6) is -0.110. The quantitative estimate of drug-likeness (QED) is 0.279. The van der Waals surface area contributed by atoms with Crippen molar-refractivity contribution >= 4 is 55.4 Å². The van der Waals surface area contributed by atoms with E-state index in [1.54, 1.807) is 0 Å². The number of hydrazine groups is 1. The summed E-state index contributed by atoms with van der Waals surface area (Å²) in [7, 11) is 0. The fourth-order valence-electron chi connectivity index (χ4n) is 2.72. The van der Waals surface area contributed by atoms with Crippen LogP contribution in [0.5, 0.6) is 0 Å². The number of hydrogen-bond donors (Lipinski definition) is 3. The number of benzene rings is 2. The number of thiazole rings is 1. The molecule has 0 spiro atoms. The molecule has 13 heteroatoms. The Morgan fingerprint density at radius 3 is 2.39 bits per heavy atom. The van der Waals surface area contributed by atoms with E-state index in [4.69, 9.17) is 0 Å². The minimum atomic E-state index is -0.611. The first kappa shape index (κ1) is 19.9.